The zero-order valence-electron chi connectivity index (χ0n) is 8.64. The molecule has 0 unspecified atom stereocenters. The van der Waals surface area contributed by atoms with E-state index in [9.17, 15) is 0 Å². The second-order valence-electron chi connectivity index (χ2n) is 3.21. The number of anilines is 1. The molecule has 1 aromatic carbocycles. The summed E-state index contributed by atoms with van der Waals surface area (Å²) in [6, 6.07) is 5.39. The fourth-order valence-electron chi connectivity index (χ4n) is 1.29. The van der Waals surface area contributed by atoms with E-state index in [4.69, 9.17) is 28.9 Å². The molecule has 0 amide bonds. The smallest absolute Gasteiger partial charge is 0.0719 e. The molecule has 7 heteroatoms. The average Bonchev–Trinajstić information content (AvgIpc) is 2.56. The molecular weight excluding hydrogens is 304 g/mol. The maximum absolute atomic E-state index is 6.03. The Morgan fingerprint density at radius 1 is 1.24 bits per heavy atom. The number of halogens is 4. The molecule has 1 aromatic heterocycles. The molecule has 94 valence electrons. The highest BCUT2D eigenvalue weighted by molar-refractivity contribution is 6.35. The summed E-state index contributed by atoms with van der Waals surface area (Å²) >= 11 is 11.8. The molecule has 0 fully saturated rings. The van der Waals surface area contributed by atoms with Crippen molar-refractivity contribution in [1.29, 1.82) is 0 Å². The van der Waals surface area contributed by atoms with Gasteiger partial charge in [0.1, 0.15) is 0 Å². The van der Waals surface area contributed by atoms with Crippen molar-refractivity contribution in [3.63, 3.8) is 0 Å². The maximum atomic E-state index is 6.03. The molecule has 17 heavy (non-hydrogen) atoms. The van der Waals surface area contributed by atoms with Crippen LogP contribution < -0.4 is 5.73 Å². The number of rotatable bonds is 2. The van der Waals surface area contributed by atoms with Gasteiger partial charge in [0, 0.05) is 16.2 Å². The molecule has 0 aliphatic rings. The first kappa shape index (κ1) is 16.4. The normalized spacial score (nSPS) is 9.29. The van der Waals surface area contributed by atoms with Gasteiger partial charge in [-0.25, -0.2) is 0 Å². The van der Waals surface area contributed by atoms with Crippen LogP contribution in [0.3, 0.4) is 0 Å². The highest BCUT2D eigenvalue weighted by Crippen LogP contribution is 2.21. The lowest BCUT2D eigenvalue weighted by molar-refractivity contribution is 0.687. The van der Waals surface area contributed by atoms with Crippen LogP contribution in [0, 0.1) is 0 Å². The number of aromatic nitrogens is 2. The average molecular weight is 315 g/mol. The van der Waals surface area contributed by atoms with Gasteiger partial charge in [0.25, 0.3) is 0 Å². The van der Waals surface area contributed by atoms with Crippen molar-refractivity contribution in [3.05, 3.63) is 46.2 Å². The molecule has 3 nitrogen and oxygen atoms in total. The predicted molar refractivity (Wildman–Crippen MR) is 76.7 cm³/mol. The van der Waals surface area contributed by atoms with Crippen molar-refractivity contribution in [2.45, 2.75) is 6.54 Å². The molecule has 0 bridgehead atoms. The molecule has 0 aliphatic heterocycles. The fraction of sp³-hybridized carbons (Fsp3) is 0.100. The number of nitrogen functional groups attached to an aromatic ring is 1. The Labute approximate surface area is 122 Å². The van der Waals surface area contributed by atoms with Gasteiger partial charge in [0.05, 0.1) is 18.4 Å². The van der Waals surface area contributed by atoms with Crippen molar-refractivity contribution in [2.75, 3.05) is 5.73 Å². The van der Waals surface area contributed by atoms with Crippen molar-refractivity contribution in [3.8, 4) is 0 Å². The monoisotopic (exact) mass is 313 g/mol. The summed E-state index contributed by atoms with van der Waals surface area (Å²) in [4.78, 5) is 0. The Kier molecular flexibility index (Phi) is 6.72. The Morgan fingerprint density at radius 2 is 1.94 bits per heavy atom. The SMILES string of the molecule is Cl.Cl.Nc1cnn(Cc2ccc(Cl)cc2Cl)c1. The van der Waals surface area contributed by atoms with Crippen LogP contribution in [0.4, 0.5) is 5.69 Å². The first-order valence-corrected chi connectivity index (χ1v) is 5.12. The van der Waals surface area contributed by atoms with Gasteiger partial charge < -0.3 is 5.73 Å². The molecule has 0 spiro atoms. The first-order valence-electron chi connectivity index (χ1n) is 4.37. The van der Waals surface area contributed by atoms with Gasteiger partial charge in [0.2, 0.25) is 0 Å². The standard InChI is InChI=1S/C10H9Cl2N3.2ClH/c11-8-2-1-7(10(12)3-8)5-15-6-9(13)4-14-15;;/h1-4,6H,5,13H2;2*1H. The highest BCUT2D eigenvalue weighted by atomic mass is 35.5. The molecule has 0 saturated carbocycles. The number of benzene rings is 1. The Hall–Kier alpha value is -0.610. The largest absolute Gasteiger partial charge is 0.396 e. The van der Waals surface area contributed by atoms with E-state index in [1.165, 1.54) is 0 Å². The van der Waals surface area contributed by atoms with Crippen LogP contribution in [0.1, 0.15) is 5.56 Å². The van der Waals surface area contributed by atoms with Crippen LogP contribution in [0.5, 0.6) is 0 Å². The van der Waals surface area contributed by atoms with Crippen LogP contribution in [-0.4, -0.2) is 9.78 Å². The van der Waals surface area contributed by atoms with Crippen molar-refractivity contribution in [2.24, 2.45) is 0 Å². The Bertz CT molecular complexity index is 484. The zero-order valence-corrected chi connectivity index (χ0v) is 11.8. The quantitative estimate of drug-likeness (QED) is 0.919. The number of nitrogens with zero attached hydrogens (tertiary/aromatic N) is 2. The van der Waals surface area contributed by atoms with Gasteiger partial charge in [0.15, 0.2) is 0 Å². The van der Waals surface area contributed by atoms with Crippen molar-refractivity contribution in [1.82, 2.24) is 9.78 Å². The molecule has 1 heterocycles. The van der Waals surface area contributed by atoms with Gasteiger partial charge in [-0.3, -0.25) is 4.68 Å². The van der Waals surface area contributed by atoms with Gasteiger partial charge in [-0.1, -0.05) is 29.3 Å². The summed E-state index contributed by atoms with van der Waals surface area (Å²) in [6.07, 6.45) is 3.36. The second kappa shape index (κ2) is 6.97. The van der Waals surface area contributed by atoms with Crippen molar-refractivity contribution < 1.29 is 0 Å². The summed E-state index contributed by atoms with van der Waals surface area (Å²) in [5, 5.41) is 5.34. The van der Waals surface area contributed by atoms with Gasteiger partial charge in [-0.05, 0) is 17.7 Å². The maximum Gasteiger partial charge on any atom is 0.0719 e. The van der Waals surface area contributed by atoms with Crippen LogP contribution in [0.15, 0.2) is 30.6 Å². The summed E-state index contributed by atoms with van der Waals surface area (Å²) in [5.74, 6) is 0. The molecule has 0 atom stereocenters. The van der Waals surface area contributed by atoms with Crippen LogP contribution in [0.2, 0.25) is 10.0 Å². The molecular formula is C10H11Cl4N3. The summed E-state index contributed by atoms with van der Waals surface area (Å²) < 4.78 is 1.73. The van der Waals surface area contributed by atoms with E-state index >= 15 is 0 Å². The van der Waals surface area contributed by atoms with E-state index in [2.05, 4.69) is 5.10 Å². The van der Waals surface area contributed by atoms with Gasteiger partial charge in [-0.2, -0.15) is 5.10 Å². The summed E-state index contributed by atoms with van der Waals surface area (Å²) in [5.41, 5.74) is 7.16. The van der Waals surface area contributed by atoms with Crippen LogP contribution in [0.25, 0.3) is 0 Å². The van der Waals surface area contributed by atoms with Crippen molar-refractivity contribution >= 4 is 53.7 Å². The lowest BCUT2D eigenvalue weighted by Gasteiger charge is -2.04. The molecule has 2 N–H and O–H groups in total. The third-order valence-corrected chi connectivity index (χ3v) is 2.59. The molecule has 2 aromatic rings. The van der Waals surface area contributed by atoms with Gasteiger partial charge >= 0.3 is 0 Å². The van der Waals surface area contributed by atoms with Gasteiger partial charge in [-0.15, -0.1) is 24.8 Å². The van der Waals surface area contributed by atoms with Crippen LogP contribution >= 0.6 is 48.0 Å². The third kappa shape index (κ3) is 4.28. The minimum absolute atomic E-state index is 0. The predicted octanol–water partition coefficient (Wildman–Crippen LogP) is 3.66. The molecule has 0 saturated heterocycles. The van der Waals surface area contributed by atoms with Crippen LogP contribution in [-0.2, 0) is 6.54 Å². The number of hydrogen-bond acceptors (Lipinski definition) is 2. The molecule has 2 rings (SSSR count). The number of hydrogen-bond donors (Lipinski definition) is 1. The molecule has 0 aliphatic carbocycles. The topological polar surface area (TPSA) is 43.8 Å². The summed E-state index contributed by atoms with van der Waals surface area (Å²) in [7, 11) is 0. The van der Waals surface area contributed by atoms with E-state index in [0.717, 1.165) is 5.56 Å². The van der Waals surface area contributed by atoms with E-state index in [1.54, 1.807) is 29.2 Å². The molecule has 0 radical (unpaired) electrons. The zero-order chi connectivity index (χ0) is 10.8. The minimum atomic E-state index is 0. The van der Waals surface area contributed by atoms with E-state index in [1.807, 2.05) is 6.07 Å². The van der Waals surface area contributed by atoms with E-state index in [0.29, 0.717) is 22.3 Å². The first-order chi connectivity index (χ1) is 7.15. The lowest BCUT2D eigenvalue weighted by atomic mass is 10.2. The minimum Gasteiger partial charge on any atom is -0.396 e. The lowest BCUT2D eigenvalue weighted by Crippen LogP contribution is -2.00. The second-order valence-corrected chi connectivity index (χ2v) is 4.05. The number of nitrogens with two attached hydrogens (primary N) is 1. The summed E-state index contributed by atoms with van der Waals surface area (Å²) in [6.45, 7) is 0.590. The third-order valence-electron chi connectivity index (χ3n) is 2.00. The highest BCUT2D eigenvalue weighted by Gasteiger charge is 2.02. The fourth-order valence-corrected chi connectivity index (χ4v) is 1.76. The van der Waals surface area contributed by atoms with E-state index in [-0.39, 0.29) is 24.8 Å². The Balaban J connectivity index is 0.00000128. The Morgan fingerprint density at radius 3 is 2.47 bits per heavy atom. The van der Waals surface area contributed by atoms with E-state index < -0.39 is 0 Å².